The first-order valence-corrected chi connectivity index (χ1v) is 9.84. The van der Waals surface area contributed by atoms with Crippen LogP contribution >= 0.6 is 23.8 Å². The average Bonchev–Trinajstić information content (AvgIpc) is 3.21. The van der Waals surface area contributed by atoms with Gasteiger partial charge in [0.2, 0.25) is 0 Å². The van der Waals surface area contributed by atoms with Gasteiger partial charge in [-0.1, -0.05) is 23.7 Å². The van der Waals surface area contributed by atoms with Crippen LogP contribution in [-0.4, -0.2) is 28.0 Å². The van der Waals surface area contributed by atoms with Crippen molar-refractivity contribution in [1.29, 1.82) is 0 Å². The summed E-state index contributed by atoms with van der Waals surface area (Å²) in [6.07, 6.45) is 1.19. The maximum absolute atomic E-state index is 14.2. The quantitative estimate of drug-likeness (QED) is 0.335. The van der Waals surface area contributed by atoms with Crippen molar-refractivity contribution in [3.63, 3.8) is 0 Å². The van der Waals surface area contributed by atoms with E-state index in [-0.39, 0.29) is 38.5 Å². The van der Waals surface area contributed by atoms with E-state index in [1.165, 1.54) is 60.7 Å². The third-order valence-electron chi connectivity index (χ3n) is 4.59. The lowest BCUT2D eigenvalue weighted by molar-refractivity contribution is -0.122. The van der Waals surface area contributed by atoms with Crippen molar-refractivity contribution < 1.29 is 28.3 Å². The first kappa shape index (κ1) is 21.4. The second kappa shape index (κ2) is 8.37. The Balaban J connectivity index is 1.71. The lowest BCUT2D eigenvalue weighted by atomic mass is 10.1. The largest absolute Gasteiger partial charge is 0.478 e. The zero-order valence-electron chi connectivity index (χ0n) is 16.0. The van der Waals surface area contributed by atoms with Gasteiger partial charge in [-0.2, -0.15) is 0 Å². The maximum atomic E-state index is 14.2. The molecular formula is C22H12ClFN2O5S. The molecule has 4 rings (SSSR count). The smallest absolute Gasteiger partial charge is 0.335 e. The zero-order chi connectivity index (χ0) is 23.0. The van der Waals surface area contributed by atoms with Gasteiger partial charge in [-0.05, 0) is 60.8 Å². The van der Waals surface area contributed by atoms with Crippen LogP contribution in [-0.2, 0) is 9.59 Å². The molecule has 32 heavy (non-hydrogen) atoms. The number of carbonyl (C=O) groups is 3. The van der Waals surface area contributed by atoms with E-state index in [4.69, 9.17) is 28.2 Å². The van der Waals surface area contributed by atoms with E-state index in [9.17, 15) is 23.9 Å². The van der Waals surface area contributed by atoms with Crippen LogP contribution in [0.3, 0.4) is 0 Å². The molecule has 3 aromatic rings. The number of para-hydroxylation sites is 1. The van der Waals surface area contributed by atoms with Crippen LogP contribution in [0.15, 0.2) is 64.6 Å². The Labute approximate surface area is 190 Å². The van der Waals surface area contributed by atoms with Gasteiger partial charge in [-0.3, -0.25) is 14.9 Å². The molecule has 0 radical (unpaired) electrons. The third-order valence-corrected chi connectivity index (χ3v) is 5.20. The van der Waals surface area contributed by atoms with Gasteiger partial charge in [0.15, 0.2) is 5.11 Å². The van der Waals surface area contributed by atoms with Crippen LogP contribution in [0.4, 0.5) is 10.1 Å². The number of aromatic carboxylic acids is 1. The topological polar surface area (TPSA) is 99.9 Å². The molecule has 0 atom stereocenters. The molecule has 160 valence electrons. The summed E-state index contributed by atoms with van der Waals surface area (Å²) in [4.78, 5) is 37.5. The fraction of sp³-hybridized carbons (Fsp3) is 0. The van der Waals surface area contributed by atoms with Gasteiger partial charge in [0, 0.05) is 5.56 Å². The van der Waals surface area contributed by atoms with Crippen LogP contribution < -0.4 is 10.2 Å². The number of hydrogen-bond acceptors (Lipinski definition) is 5. The number of thiocarbonyl (C=S) groups is 1. The van der Waals surface area contributed by atoms with Gasteiger partial charge in [0.05, 0.1) is 16.3 Å². The summed E-state index contributed by atoms with van der Waals surface area (Å²) < 4.78 is 19.9. The monoisotopic (exact) mass is 470 g/mol. The van der Waals surface area contributed by atoms with E-state index in [1.807, 2.05) is 0 Å². The number of benzene rings is 2. The summed E-state index contributed by atoms with van der Waals surface area (Å²) in [7, 11) is 0. The molecule has 2 heterocycles. The van der Waals surface area contributed by atoms with Crippen LogP contribution in [0.25, 0.3) is 17.4 Å². The number of hydrogen-bond donors (Lipinski definition) is 2. The molecule has 0 spiro atoms. The summed E-state index contributed by atoms with van der Waals surface area (Å²) in [5.74, 6) is -3.06. The molecular weight excluding hydrogens is 459 g/mol. The highest BCUT2D eigenvalue weighted by molar-refractivity contribution is 7.80. The molecule has 10 heteroatoms. The first-order chi connectivity index (χ1) is 15.3. The van der Waals surface area contributed by atoms with Gasteiger partial charge < -0.3 is 9.52 Å². The molecule has 0 aliphatic carbocycles. The highest BCUT2D eigenvalue weighted by atomic mass is 35.5. The fourth-order valence-corrected chi connectivity index (χ4v) is 3.56. The predicted octanol–water partition coefficient (Wildman–Crippen LogP) is 4.27. The summed E-state index contributed by atoms with van der Waals surface area (Å²) in [6, 6.07) is 12.6. The molecule has 1 fully saturated rings. The molecule has 0 unspecified atom stereocenters. The first-order valence-electron chi connectivity index (χ1n) is 9.05. The number of carboxylic acid groups (broad SMARTS) is 1. The lowest BCUT2D eigenvalue weighted by Gasteiger charge is -2.28. The number of carbonyl (C=O) groups excluding carboxylic acids is 2. The van der Waals surface area contributed by atoms with E-state index in [0.29, 0.717) is 5.56 Å². The van der Waals surface area contributed by atoms with Gasteiger partial charge in [0.1, 0.15) is 22.9 Å². The molecule has 1 aliphatic rings. The van der Waals surface area contributed by atoms with Crippen molar-refractivity contribution in [2.45, 2.75) is 0 Å². The minimum atomic E-state index is -1.13. The number of halogens is 2. The van der Waals surface area contributed by atoms with Gasteiger partial charge in [-0.15, -0.1) is 0 Å². The van der Waals surface area contributed by atoms with Gasteiger partial charge in [0.25, 0.3) is 11.8 Å². The van der Waals surface area contributed by atoms with Gasteiger partial charge in [-0.25, -0.2) is 14.1 Å². The Kier molecular flexibility index (Phi) is 5.60. The second-order valence-corrected chi connectivity index (χ2v) is 7.40. The number of anilines is 1. The van der Waals surface area contributed by atoms with Crippen molar-refractivity contribution in [3.05, 3.63) is 82.3 Å². The SMILES string of the molecule is O=C1NC(=S)N(c2ccccc2F)C(=O)/C1=C\c1ccc(-c2cc(C(=O)O)ccc2Cl)o1. The molecule has 0 saturated carbocycles. The fourth-order valence-electron chi connectivity index (χ4n) is 3.07. The van der Waals surface area contributed by atoms with E-state index in [0.717, 1.165) is 4.90 Å². The Morgan fingerprint density at radius 3 is 2.62 bits per heavy atom. The number of amides is 2. The lowest BCUT2D eigenvalue weighted by Crippen LogP contribution is -2.54. The Morgan fingerprint density at radius 2 is 1.91 bits per heavy atom. The molecule has 1 aromatic heterocycles. The van der Waals surface area contributed by atoms with E-state index < -0.39 is 23.6 Å². The van der Waals surface area contributed by atoms with Crippen LogP contribution in [0.2, 0.25) is 5.02 Å². The van der Waals surface area contributed by atoms with Crippen LogP contribution in [0.5, 0.6) is 0 Å². The Morgan fingerprint density at radius 1 is 1.16 bits per heavy atom. The van der Waals surface area contributed by atoms with Crippen molar-refractivity contribution in [2.24, 2.45) is 0 Å². The summed E-state index contributed by atoms with van der Waals surface area (Å²) >= 11 is 11.2. The van der Waals surface area contributed by atoms with Crippen LogP contribution in [0, 0.1) is 5.82 Å². The molecule has 1 aliphatic heterocycles. The van der Waals surface area contributed by atoms with E-state index in [2.05, 4.69) is 5.32 Å². The normalized spacial score (nSPS) is 15.2. The number of furan rings is 1. The average molecular weight is 471 g/mol. The molecule has 2 amide bonds. The third kappa shape index (κ3) is 3.91. The standard InChI is InChI=1S/C22H12ClFN2O5S/c23-15-7-5-11(21(29)30)9-13(15)18-8-6-12(31-18)10-14-19(27)25-22(32)26(20(14)28)17-4-2-1-3-16(17)24/h1-10H,(H,29,30)(H,25,27,32)/b14-10-. The number of nitrogens with one attached hydrogen (secondary N) is 1. The van der Waals surface area contributed by atoms with Crippen molar-refractivity contribution in [1.82, 2.24) is 5.32 Å². The highest BCUT2D eigenvalue weighted by Gasteiger charge is 2.35. The number of carboxylic acids is 1. The second-order valence-electron chi connectivity index (χ2n) is 6.61. The van der Waals surface area contributed by atoms with Crippen LogP contribution in [0.1, 0.15) is 16.1 Å². The van der Waals surface area contributed by atoms with E-state index >= 15 is 0 Å². The predicted molar refractivity (Wildman–Crippen MR) is 119 cm³/mol. The highest BCUT2D eigenvalue weighted by Crippen LogP contribution is 2.32. The summed E-state index contributed by atoms with van der Waals surface area (Å²) in [6.45, 7) is 0. The maximum Gasteiger partial charge on any atom is 0.335 e. The number of rotatable bonds is 4. The molecule has 0 bridgehead atoms. The Hall–Kier alpha value is -3.82. The molecule has 2 N–H and O–H groups in total. The van der Waals surface area contributed by atoms with Crippen molar-refractivity contribution in [3.8, 4) is 11.3 Å². The van der Waals surface area contributed by atoms with Crippen molar-refractivity contribution in [2.75, 3.05) is 4.90 Å². The Bertz CT molecular complexity index is 1330. The minimum absolute atomic E-state index is 0.0107. The van der Waals surface area contributed by atoms with Gasteiger partial charge >= 0.3 is 5.97 Å². The zero-order valence-corrected chi connectivity index (χ0v) is 17.5. The summed E-state index contributed by atoms with van der Waals surface area (Å²) in [5, 5.41) is 11.5. The molecule has 7 nitrogen and oxygen atoms in total. The number of nitrogens with zero attached hydrogens (tertiary/aromatic N) is 1. The molecule has 2 aromatic carbocycles. The molecule has 1 saturated heterocycles. The van der Waals surface area contributed by atoms with E-state index in [1.54, 1.807) is 0 Å². The van der Waals surface area contributed by atoms with Crippen molar-refractivity contribution >= 4 is 58.5 Å². The minimum Gasteiger partial charge on any atom is -0.478 e. The summed E-state index contributed by atoms with van der Waals surface area (Å²) in [5.41, 5.74) is -0.0969.